The summed E-state index contributed by atoms with van der Waals surface area (Å²) in [6, 6.07) is 3.67. The highest BCUT2D eigenvalue weighted by molar-refractivity contribution is 8.00. The molecule has 0 atom stereocenters. The average molecular weight is 363 g/mol. The summed E-state index contributed by atoms with van der Waals surface area (Å²) >= 11 is 1.74. The standard InChI is InChI=1S/C15H22FNO4S2/c1-2-21-15-4-3-13(11-14(15)16)23(18,19)17-7-10-22-12-5-8-20-9-6-12/h3-4,11-12,17H,2,5-10H2,1H3. The van der Waals surface area contributed by atoms with Gasteiger partial charge in [-0.25, -0.2) is 17.5 Å². The second-order valence-corrected chi connectivity index (χ2v) is 8.28. The molecule has 0 unspecified atom stereocenters. The summed E-state index contributed by atoms with van der Waals surface area (Å²) in [5.41, 5.74) is 0. The van der Waals surface area contributed by atoms with Gasteiger partial charge in [0.1, 0.15) is 0 Å². The summed E-state index contributed by atoms with van der Waals surface area (Å²) in [4.78, 5) is -0.0884. The van der Waals surface area contributed by atoms with E-state index in [-0.39, 0.29) is 10.6 Å². The summed E-state index contributed by atoms with van der Waals surface area (Å²) in [6.45, 7) is 3.93. The molecule has 0 radical (unpaired) electrons. The van der Waals surface area contributed by atoms with E-state index in [0.717, 1.165) is 32.1 Å². The molecule has 5 nitrogen and oxygen atoms in total. The summed E-state index contributed by atoms with van der Waals surface area (Å²) in [6.07, 6.45) is 2.00. The number of benzene rings is 1. The van der Waals surface area contributed by atoms with Crippen molar-refractivity contribution in [3.8, 4) is 5.75 Å². The topological polar surface area (TPSA) is 64.6 Å². The van der Waals surface area contributed by atoms with Crippen molar-refractivity contribution in [1.82, 2.24) is 4.72 Å². The number of thioether (sulfide) groups is 1. The second-order valence-electron chi connectivity index (χ2n) is 5.11. The van der Waals surface area contributed by atoms with Crippen molar-refractivity contribution in [2.75, 3.05) is 32.1 Å². The lowest BCUT2D eigenvalue weighted by atomic mass is 10.2. The summed E-state index contributed by atoms with van der Waals surface area (Å²) in [7, 11) is -3.70. The van der Waals surface area contributed by atoms with Crippen LogP contribution < -0.4 is 9.46 Å². The van der Waals surface area contributed by atoms with Crippen LogP contribution in [0.2, 0.25) is 0 Å². The van der Waals surface area contributed by atoms with Crippen LogP contribution >= 0.6 is 11.8 Å². The third-order valence-corrected chi connectivity index (χ3v) is 6.27. The molecule has 1 aromatic carbocycles. The molecule has 0 spiro atoms. The summed E-state index contributed by atoms with van der Waals surface area (Å²) in [5, 5.41) is 0.524. The van der Waals surface area contributed by atoms with Gasteiger partial charge in [0.15, 0.2) is 11.6 Å². The lowest BCUT2D eigenvalue weighted by Crippen LogP contribution is -2.27. The number of rotatable bonds is 8. The average Bonchev–Trinajstić information content (AvgIpc) is 2.54. The van der Waals surface area contributed by atoms with Crippen molar-refractivity contribution in [1.29, 1.82) is 0 Å². The molecule has 1 N–H and O–H groups in total. The minimum Gasteiger partial charge on any atom is -0.491 e. The number of sulfonamides is 1. The number of halogens is 1. The van der Waals surface area contributed by atoms with E-state index in [4.69, 9.17) is 9.47 Å². The molecule has 1 aliphatic rings. The zero-order valence-corrected chi connectivity index (χ0v) is 14.7. The van der Waals surface area contributed by atoms with Crippen LogP contribution in [-0.4, -0.2) is 45.8 Å². The van der Waals surface area contributed by atoms with Gasteiger partial charge < -0.3 is 9.47 Å². The Labute approximate surface area is 141 Å². The largest absolute Gasteiger partial charge is 0.491 e. The van der Waals surface area contributed by atoms with Gasteiger partial charge in [-0.3, -0.25) is 0 Å². The lowest BCUT2D eigenvalue weighted by molar-refractivity contribution is 0.100. The maximum absolute atomic E-state index is 13.8. The number of ether oxygens (including phenoxy) is 2. The maximum atomic E-state index is 13.8. The maximum Gasteiger partial charge on any atom is 0.240 e. The monoisotopic (exact) mass is 363 g/mol. The van der Waals surface area contributed by atoms with Crippen LogP contribution in [-0.2, 0) is 14.8 Å². The van der Waals surface area contributed by atoms with E-state index in [1.165, 1.54) is 12.1 Å². The van der Waals surface area contributed by atoms with Crippen molar-refractivity contribution in [3.63, 3.8) is 0 Å². The SMILES string of the molecule is CCOc1ccc(S(=O)(=O)NCCSC2CCOCC2)cc1F. The van der Waals surface area contributed by atoms with Gasteiger partial charge in [-0.1, -0.05) is 0 Å². The Bertz CT molecular complexity index is 603. The molecule has 8 heteroatoms. The first-order chi connectivity index (χ1) is 11.0. The molecule has 1 aliphatic heterocycles. The zero-order chi connectivity index (χ0) is 16.7. The van der Waals surface area contributed by atoms with Crippen LogP contribution in [0.3, 0.4) is 0 Å². The summed E-state index contributed by atoms with van der Waals surface area (Å²) < 4.78 is 50.9. The molecular formula is C15H22FNO4S2. The number of hydrogen-bond acceptors (Lipinski definition) is 5. The fraction of sp³-hybridized carbons (Fsp3) is 0.600. The van der Waals surface area contributed by atoms with Gasteiger partial charge in [-0.15, -0.1) is 0 Å². The Balaban J connectivity index is 1.84. The van der Waals surface area contributed by atoms with Crippen LogP contribution in [0.4, 0.5) is 4.39 Å². The molecule has 1 saturated heterocycles. The predicted molar refractivity (Wildman–Crippen MR) is 89.1 cm³/mol. The van der Waals surface area contributed by atoms with Crippen molar-refractivity contribution >= 4 is 21.8 Å². The first kappa shape index (κ1) is 18.5. The Morgan fingerprint density at radius 3 is 2.78 bits per heavy atom. The van der Waals surface area contributed by atoms with Crippen LogP contribution in [0, 0.1) is 5.82 Å². The summed E-state index contributed by atoms with van der Waals surface area (Å²) in [5.74, 6) is 0.0662. The van der Waals surface area contributed by atoms with Crippen molar-refractivity contribution < 1.29 is 22.3 Å². The Morgan fingerprint density at radius 1 is 1.39 bits per heavy atom. The van der Waals surface area contributed by atoms with Crippen LogP contribution in [0.25, 0.3) is 0 Å². The molecule has 23 heavy (non-hydrogen) atoms. The molecular weight excluding hydrogens is 341 g/mol. The van der Waals surface area contributed by atoms with E-state index in [9.17, 15) is 12.8 Å². The van der Waals surface area contributed by atoms with Crippen molar-refractivity contribution in [2.45, 2.75) is 29.9 Å². The molecule has 0 bridgehead atoms. The molecule has 0 saturated carbocycles. The molecule has 1 aromatic rings. The zero-order valence-electron chi connectivity index (χ0n) is 13.1. The van der Waals surface area contributed by atoms with E-state index < -0.39 is 15.8 Å². The van der Waals surface area contributed by atoms with E-state index >= 15 is 0 Å². The molecule has 1 heterocycles. The normalized spacial score (nSPS) is 16.4. The highest BCUT2D eigenvalue weighted by Gasteiger charge is 2.17. The van der Waals surface area contributed by atoms with E-state index in [1.54, 1.807) is 18.7 Å². The first-order valence-electron chi connectivity index (χ1n) is 7.64. The lowest BCUT2D eigenvalue weighted by Gasteiger charge is -2.21. The highest BCUT2D eigenvalue weighted by Crippen LogP contribution is 2.22. The van der Waals surface area contributed by atoms with Crippen LogP contribution in [0.15, 0.2) is 23.1 Å². The van der Waals surface area contributed by atoms with Crippen molar-refractivity contribution in [2.24, 2.45) is 0 Å². The molecule has 2 rings (SSSR count). The molecule has 0 aliphatic carbocycles. The third-order valence-electron chi connectivity index (χ3n) is 3.43. The van der Waals surface area contributed by atoms with E-state index in [2.05, 4.69) is 4.72 Å². The van der Waals surface area contributed by atoms with E-state index in [1.807, 2.05) is 0 Å². The minimum absolute atomic E-state index is 0.0570. The smallest absolute Gasteiger partial charge is 0.240 e. The Kier molecular flexibility index (Phi) is 7.13. The van der Waals surface area contributed by atoms with Crippen molar-refractivity contribution in [3.05, 3.63) is 24.0 Å². The third kappa shape index (κ3) is 5.63. The minimum atomic E-state index is -3.70. The quantitative estimate of drug-likeness (QED) is 0.719. The second kappa shape index (κ2) is 8.86. The fourth-order valence-electron chi connectivity index (χ4n) is 2.25. The van der Waals surface area contributed by atoms with Gasteiger partial charge in [0.05, 0.1) is 11.5 Å². The van der Waals surface area contributed by atoms with E-state index in [0.29, 0.717) is 24.2 Å². The van der Waals surface area contributed by atoms with Gasteiger partial charge >= 0.3 is 0 Å². The van der Waals surface area contributed by atoms with Gasteiger partial charge in [0.25, 0.3) is 0 Å². The molecule has 1 fully saturated rings. The van der Waals surface area contributed by atoms with Gasteiger partial charge in [-0.2, -0.15) is 11.8 Å². The van der Waals surface area contributed by atoms with Crippen LogP contribution in [0.1, 0.15) is 19.8 Å². The van der Waals surface area contributed by atoms with Gasteiger partial charge in [0, 0.05) is 30.8 Å². The molecule has 0 aromatic heterocycles. The molecule has 130 valence electrons. The predicted octanol–water partition coefficient (Wildman–Crippen LogP) is 2.41. The van der Waals surface area contributed by atoms with Gasteiger partial charge in [0.2, 0.25) is 10.0 Å². The molecule has 0 amide bonds. The first-order valence-corrected chi connectivity index (χ1v) is 10.2. The fourth-order valence-corrected chi connectivity index (χ4v) is 4.50. The Morgan fingerprint density at radius 2 is 2.13 bits per heavy atom. The van der Waals surface area contributed by atoms with Gasteiger partial charge in [-0.05, 0) is 38.0 Å². The highest BCUT2D eigenvalue weighted by atomic mass is 32.2. The number of nitrogens with one attached hydrogen (secondary N) is 1. The Hall–Kier alpha value is -0.830. The van der Waals surface area contributed by atoms with Crippen LogP contribution in [0.5, 0.6) is 5.75 Å². The number of hydrogen-bond donors (Lipinski definition) is 1.